The van der Waals surface area contributed by atoms with Crippen molar-refractivity contribution in [1.29, 1.82) is 0 Å². The molecule has 6 heteroatoms. The molecule has 2 N–H and O–H groups in total. The topological polar surface area (TPSA) is 70.9 Å². The first-order valence-corrected chi connectivity index (χ1v) is 5.86. The van der Waals surface area contributed by atoms with Crippen LogP contribution in [0.1, 0.15) is 13.8 Å². The molecule has 0 saturated carbocycles. The largest absolute Gasteiger partial charge is 0.461 e. The second-order valence-electron chi connectivity index (χ2n) is 3.51. The van der Waals surface area contributed by atoms with Gasteiger partial charge in [0.15, 0.2) is 5.71 Å². The van der Waals surface area contributed by atoms with Gasteiger partial charge in [-0.1, -0.05) is 11.6 Å². The number of aliphatic hydroxyl groups is 1. The maximum atomic E-state index is 11.5. The molecule has 1 unspecified atom stereocenters. The van der Waals surface area contributed by atoms with E-state index < -0.39 is 12.1 Å². The molecule has 0 aromatic heterocycles. The highest BCUT2D eigenvalue weighted by molar-refractivity contribution is 6.38. The number of benzene rings is 1. The summed E-state index contributed by atoms with van der Waals surface area (Å²) in [4.78, 5) is 11.5. The van der Waals surface area contributed by atoms with Gasteiger partial charge in [-0.05, 0) is 38.1 Å². The molecule has 0 spiro atoms. The molecule has 1 aromatic carbocycles. The van der Waals surface area contributed by atoms with Gasteiger partial charge in [0.2, 0.25) is 0 Å². The SMILES string of the molecule is CCOC(=O)C(=NNc1ccc(Cl)cc1)C(C)O. The molecule has 0 aliphatic carbocycles. The number of nitrogens with zero attached hydrogens (tertiary/aromatic N) is 1. The van der Waals surface area contributed by atoms with Gasteiger partial charge in [0.05, 0.1) is 12.3 Å². The number of ether oxygens (including phenoxy) is 1. The molecule has 0 fully saturated rings. The summed E-state index contributed by atoms with van der Waals surface area (Å²) >= 11 is 5.74. The Bertz CT molecular complexity index is 429. The number of carbonyl (C=O) groups excluding carboxylic acids is 1. The van der Waals surface area contributed by atoms with Gasteiger partial charge in [-0.2, -0.15) is 5.10 Å². The quantitative estimate of drug-likeness (QED) is 0.488. The van der Waals surface area contributed by atoms with E-state index >= 15 is 0 Å². The van der Waals surface area contributed by atoms with E-state index in [0.29, 0.717) is 10.7 Å². The Hall–Kier alpha value is -1.59. The molecule has 0 heterocycles. The van der Waals surface area contributed by atoms with Crippen LogP contribution in [0.2, 0.25) is 5.02 Å². The summed E-state index contributed by atoms with van der Waals surface area (Å²) in [5, 5.41) is 13.9. The van der Waals surface area contributed by atoms with Crippen LogP contribution < -0.4 is 5.43 Å². The normalized spacial score (nSPS) is 13.0. The molecule has 1 aromatic rings. The zero-order valence-corrected chi connectivity index (χ0v) is 10.9. The molecular weight excluding hydrogens is 256 g/mol. The summed E-state index contributed by atoms with van der Waals surface area (Å²) < 4.78 is 4.78. The molecule has 98 valence electrons. The average molecular weight is 271 g/mol. The minimum Gasteiger partial charge on any atom is -0.461 e. The van der Waals surface area contributed by atoms with Crippen molar-refractivity contribution in [2.24, 2.45) is 5.10 Å². The third-order valence-corrected chi connectivity index (χ3v) is 2.28. The van der Waals surface area contributed by atoms with Gasteiger partial charge in [-0.25, -0.2) is 4.79 Å². The average Bonchev–Trinajstić information content (AvgIpc) is 2.31. The number of nitrogens with one attached hydrogen (secondary N) is 1. The summed E-state index contributed by atoms with van der Waals surface area (Å²) in [7, 11) is 0. The second kappa shape index (κ2) is 6.98. The van der Waals surface area contributed by atoms with E-state index in [4.69, 9.17) is 16.3 Å². The van der Waals surface area contributed by atoms with Crippen molar-refractivity contribution in [2.45, 2.75) is 20.0 Å². The van der Waals surface area contributed by atoms with Crippen molar-refractivity contribution in [3.63, 3.8) is 0 Å². The highest BCUT2D eigenvalue weighted by Crippen LogP contribution is 2.13. The van der Waals surface area contributed by atoms with E-state index in [0.717, 1.165) is 0 Å². The minimum absolute atomic E-state index is 0.0770. The summed E-state index contributed by atoms with van der Waals surface area (Å²) in [5.41, 5.74) is 3.24. The number of halogens is 1. The number of aliphatic hydroxyl groups excluding tert-OH is 1. The van der Waals surface area contributed by atoms with Gasteiger partial charge in [-0.15, -0.1) is 0 Å². The Labute approximate surface area is 110 Å². The number of hydrogen-bond donors (Lipinski definition) is 2. The fraction of sp³-hybridized carbons (Fsp3) is 0.333. The number of hydrazone groups is 1. The molecule has 0 aliphatic heterocycles. The maximum Gasteiger partial charge on any atom is 0.357 e. The standard InChI is InChI=1S/C12H15ClN2O3/c1-3-18-12(17)11(8(2)16)15-14-10-6-4-9(13)5-7-10/h4-8,14,16H,3H2,1-2H3. The summed E-state index contributed by atoms with van der Waals surface area (Å²) in [6.45, 7) is 3.36. The lowest BCUT2D eigenvalue weighted by atomic mass is 10.2. The zero-order valence-electron chi connectivity index (χ0n) is 10.2. The van der Waals surface area contributed by atoms with Crippen LogP contribution in [0.15, 0.2) is 29.4 Å². The first kappa shape index (κ1) is 14.5. The minimum atomic E-state index is -1.01. The molecule has 0 aliphatic rings. The summed E-state index contributed by atoms with van der Waals surface area (Å²) in [6.07, 6.45) is -1.01. The van der Waals surface area contributed by atoms with Gasteiger partial charge >= 0.3 is 5.97 Å². The van der Waals surface area contributed by atoms with Crippen molar-refractivity contribution in [3.05, 3.63) is 29.3 Å². The third-order valence-electron chi connectivity index (χ3n) is 2.03. The number of anilines is 1. The van der Waals surface area contributed by atoms with E-state index in [9.17, 15) is 9.90 Å². The van der Waals surface area contributed by atoms with E-state index in [1.54, 1.807) is 31.2 Å². The second-order valence-corrected chi connectivity index (χ2v) is 3.95. The van der Waals surface area contributed by atoms with E-state index in [-0.39, 0.29) is 12.3 Å². The Morgan fingerprint density at radius 1 is 1.50 bits per heavy atom. The lowest BCUT2D eigenvalue weighted by Crippen LogP contribution is -2.29. The molecule has 0 bridgehead atoms. The van der Waals surface area contributed by atoms with Crippen LogP contribution in [-0.2, 0) is 9.53 Å². The molecule has 0 amide bonds. The number of hydrogen-bond acceptors (Lipinski definition) is 5. The van der Waals surface area contributed by atoms with Crippen LogP contribution >= 0.6 is 11.6 Å². The highest BCUT2D eigenvalue weighted by Gasteiger charge is 2.18. The van der Waals surface area contributed by atoms with Crippen LogP contribution in [0.25, 0.3) is 0 Å². The number of carbonyl (C=O) groups is 1. The van der Waals surface area contributed by atoms with Crippen molar-refractivity contribution in [3.8, 4) is 0 Å². The third kappa shape index (κ3) is 4.35. The molecule has 0 saturated heterocycles. The molecule has 1 rings (SSSR count). The first-order valence-electron chi connectivity index (χ1n) is 5.49. The smallest absolute Gasteiger partial charge is 0.357 e. The first-order chi connectivity index (χ1) is 8.54. The van der Waals surface area contributed by atoms with Crippen molar-refractivity contribution < 1.29 is 14.6 Å². The molecule has 18 heavy (non-hydrogen) atoms. The van der Waals surface area contributed by atoms with Crippen LogP contribution in [0.5, 0.6) is 0 Å². The van der Waals surface area contributed by atoms with Gasteiger partial charge in [0, 0.05) is 5.02 Å². The van der Waals surface area contributed by atoms with Crippen molar-refractivity contribution in [1.82, 2.24) is 0 Å². The van der Waals surface area contributed by atoms with Gasteiger partial charge in [-0.3, -0.25) is 5.43 Å². The van der Waals surface area contributed by atoms with Crippen molar-refractivity contribution >= 4 is 29.0 Å². The van der Waals surface area contributed by atoms with Crippen LogP contribution in [0.3, 0.4) is 0 Å². The van der Waals surface area contributed by atoms with E-state index in [1.165, 1.54) is 6.92 Å². The fourth-order valence-corrected chi connectivity index (χ4v) is 1.29. The Morgan fingerprint density at radius 2 is 2.11 bits per heavy atom. The Morgan fingerprint density at radius 3 is 2.61 bits per heavy atom. The Balaban J connectivity index is 2.77. The molecule has 0 radical (unpaired) electrons. The maximum absolute atomic E-state index is 11.5. The molecule has 5 nitrogen and oxygen atoms in total. The highest BCUT2D eigenvalue weighted by atomic mass is 35.5. The monoisotopic (exact) mass is 270 g/mol. The van der Waals surface area contributed by atoms with Gasteiger partial charge in [0.25, 0.3) is 0 Å². The molecular formula is C12H15ClN2O3. The van der Waals surface area contributed by atoms with Crippen LogP contribution in [0.4, 0.5) is 5.69 Å². The summed E-state index contributed by atoms with van der Waals surface area (Å²) in [5.74, 6) is -0.644. The molecule has 1 atom stereocenters. The zero-order chi connectivity index (χ0) is 13.5. The fourth-order valence-electron chi connectivity index (χ4n) is 1.16. The predicted molar refractivity (Wildman–Crippen MR) is 70.8 cm³/mol. The van der Waals surface area contributed by atoms with E-state index in [2.05, 4.69) is 10.5 Å². The van der Waals surface area contributed by atoms with Crippen LogP contribution in [-0.4, -0.2) is 29.5 Å². The lowest BCUT2D eigenvalue weighted by Gasteiger charge is -2.09. The van der Waals surface area contributed by atoms with Crippen LogP contribution in [0, 0.1) is 0 Å². The van der Waals surface area contributed by atoms with Gasteiger partial charge < -0.3 is 9.84 Å². The van der Waals surface area contributed by atoms with Gasteiger partial charge in [0.1, 0.15) is 6.10 Å². The predicted octanol–water partition coefficient (Wildman–Crippen LogP) is 2.05. The summed E-state index contributed by atoms with van der Waals surface area (Å²) in [6, 6.07) is 6.78. The van der Waals surface area contributed by atoms with E-state index in [1.807, 2.05) is 0 Å². The number of esters is 1. The Kier molecular flexibility index (Phi) is 5.61. The van der Waals surface area contributed by atoms with Crippen molar-refractivity contribution in [2.75, 3.05) is 12.0 Å². The number of rotatable bonds is 5. The lowest BCUT2D eigenvalue weighted by molar-refractivity contribution is -0.135.